The summed E-state index contributed by atoms with van der Waals surface area (Å²) < 4.78 is 30.9. The Morgan fingerprint density at radius 3 is 2.52 bits per heavy atom. The van der Waals surface area contributed by atoms with Crippen LogP contribution >= 0.6 is 15.9 Å². The number of benzene rings is 1. The fourth-order valence-electron chi connectivity index (χ4n) is 1.79. The average Bonchev–Trinajstić information content (AvgIpc) is 2.33. The number of methoxy groups -OCH3 is 1. The van der Waals surface area contributed by atoms with Crippen molar-refractivity contribution >= 4 is 31.9 Å². The van der Waals surface area contributed by atoms with Crippen molar-refractivity contribution in [3.63, 3.8) is 0 Å². The van der Waals surface area contributed by atoms with Crippen LogP contribution in [-0.2, 0) is 10.0 Å². The molecule has 0 saturated heterocycles. The third-order valence-corrected chi connectivity index (χ3v) is 3.98. The van der Waals surface area contributed by atoms with Gasteiger partial charge in [-0.1, -0.05) is 15.9 Å². The molecule has 0 heterocycles. The molecule has 21 heavy (non-hydrogen) atoms. The molecule has 0 radical (unpaired) electrons. The molecule has 6 nitrogen and oxygen atoms in total. The van der Waals surface area contributed by atoms with E-state index in [4.69, 9.17) is 4.74 Å². The number of halogens is 1. The van der Waals surface area contributed by atoms with E-state index in [-0.39, 0.29) is 12.5 Å². The number of hydrogen-bond donors (Lipinski definition) is 2. The maximum absolute atomic E-state index is 12.2. The first-order chi connectivity index (χ1) is 9.54. The van der Waals surface area contributed by atoms with Gasteiger partial charge in [0, 0.05) is 16.6 Å². The van der Waals surface area contributed by atoms with Crippen molar-refractivity contribution in [3.05, 3.63) is 28.2 Å². The summed E-state index contributed by atoms with van der Waals surface area (Å²) >= 11 is 3.30. The lowest BCUT2D eigenvalue weighted by Crippen LogP contribution is -2.51. The van der Waals surface area contributed by atoms with E-state index in [0.29, 0.717) is 11.3 Å². The Balaban J connectivity index is 2.79. The molecule has 1 rings (SSSR count). The first kappa shape index (κ1) is 17.9. The Morgan fingerprint density at radius 1 is 1.38 bits per heavy atom. The number of sulfonamides is 1. The Bertz CT molecular complexity index is 629. The first-order valence-corrected chi connectivity index (χ1v) is 8.83. The van der Waals surface area contributed by atoms with Gasteiger partial charge in [-0.05, 0) is 32.0 Å². The number of ether oxygens (including phenoxy) is 1. The van der Waals surface area contributed by atoms with Crippen molar-refractivity contribution < 1.29 is 17.9 Å². The van der Waals surface area contributed by atoms with Crippen molar-refractivity contribution in [3.8, 4) is 5.75 Å². The first-order valence-electron chi connectivity index (χ1n) is 6.15. The summed E-state index contributed by atoms with van der Waals surface area (Å²) in [4.78, 5) is 12.2. The predicted octanol–water partition coefficient (Wildman–Crippen LogP) is 1.52. The molecule has 0 aliphatic heterocycles. The Hall–Kier alpha value is -1.12. The Morgan fingerprint density at radius 2 is 2.00 bits per heavy atom. The molecule has 1 aromatic rings. The normalized spacial score (nSPS) is 12.0. The summed E-state index contributed by atoms with van der Waals surface area (Å²) in [6, 6.07) is 5.06. The van der Waals surface area contributed by atoms with E-state index in [9.17, 15) is 13.2 Å². The van der Waals surface area contributed by atoms with E-state index < -0.39 is 15.6 Å². The van der Waals surface area contributed by atoms with E-state index in [0.717, 1.165) is 10.7 Å². The molecule has 1 amide bonds. The summed E-state index contributed by atoms with van der Waals surface area (Å²) in [7, 11) is -1.87. The monoisotopic (exact) mass is 378 g/mol. The third kappa shape index (κ3) is 6.03. The molecule has 0 aliphatic carbocycles. The summed E-state index contributed by atoms with van der Waals surface area (Å²) in [5, 5.41) is 2.69. The number of carbonyl (C=O) groups is 1. The fourth-order valence-corrected chi connectivity index (χ4v) is 3.20. The van der Waals surface area contributed by atoms with Crippen LogP contribution in [0.25, 0.3) is 0 Å². The van der Waals surface area contributed by atoms with Crippen LogP contribution in [0, 0.1) is 0 Å². The van der Waals surface area contributed by atoms with Crippen LogP contribution in [0.1, 0.15) is 24.2 Å². The predicted molar refractivity (Wildman–Crippen MR) is 85.1 cm³/mol. The largest absolute Gasteiger partial charge is 0.496 e. The SMILES string of the molecule is COc1cc(Br)ccc1C(=O)NCC(C)(C)NS(C)(=O)=O. The molecular weight excluding hydrogens is 360 g/mol. The highest BCUT2D eigenvalue weighted by Gasteiger charge is 2.23. The minimum Gasteiger partial charge on any atom is -0.496 e. The van der Waals surface area contributed by atoms with E-state index in [2.05, 4.69) is 26.0 Å². The molecule has 0 unspecified atom stereocenters. The fraction of sp³-hybridized carbons (Fsp3) is 0.462. The van der Waals surface area contributed by atoms with Gasteiger partial charge in [-0.25, -0.2) is 13.1 Å². The molecule has 0 aliphatic rings. The van der Waals surface area contributed by atoms with Gasteiger partial charge in [0.15, 0.2) is 0 Å². The van der Waals surface area contributed by atoms with Crippen molar-refractivity contribution in [2.24, 2.45) is 0 Å². The van der Waals surface area contributed by atoms with Gasteiger partial charge in [-0.15, -0.1) is 0 Å². The van der Waals surface area contributed by atoms with Crippen molar-refractivity contribution in [2.45, 2.75) is 19.4 Å². The van der Waals surface area contributed by atoms with Crippen molar-refractivity contribution in [1.29, 1.82) is 0 Å². The number of rotatable bonds is 6. The van der Waals surface area contributed by atoms with E-state index in [1.54, 1.807) is 32.0 Å². The zero-order valence-corrected chi connectivity index (χ0v) is 14.8. The van der Waals surface area contributed by atoms with Gasteiger partial charge >= 0.3 is 0 Å². The summed E-state index contributed by atoms with van der Waals surface area (Å²) in [5.74, 6) is 0.110. The number of carbonyl (C=O) groups excluding carboxylic acids is 1. The standard InChI is InChI=1S/C13H19BrN2O4S/c1-13(2,16-21(4,18)19)8-15-12(17)10-6-5-9(14)7-11(10)20-3/h5-7,16H,8H2,1-4H3,(H,15,17). The smallest absolute Gasteiger partial charge is 0.255 e. The van der Waals surface area contributed by atoms with Gasteiger partial charge in [0.1, 0.15) is 5.75 Å². The molecule has 8 heteroatoms. The highest BCUT2D eigenvalue weighted by Crippen LogP contribution is 2.23. The second kappa shape index (κ2) is 6.76. The van der Waals surface area contributed by atoms with Gasteiger partial charge in [0.05, 0.1) is 18.9 Å². The van der Waals surface area contributed by atoms with E-state index >= 15 is 0 Å². The summed E-state index contributed by atoms with van der Waals surface area (Å²) in [6.07, 6.45) is 1.08. The Kier molecular flexibility index (Phi) is 5.77. The molecule has 0 saturated carbocycles. The van der Waals surface area contributed by atoms with Gasteiger partial charge in [0.25, 0.3) is 5.91 Å². The molecule has 0 atom stereocenters. The summed E-state index contributed by atoms with van der Waals surface area (Å²) in [5.41, 5.74) is -0.401. The average molecular weight is 379 g/mol. The topological polar surface area (TPSA) is 84.5 Å². The van der Waals surface area contributed by atoms with Crippen LogP contribution in [0.15, 0.2) is 22.7 Å². The Labute approximate surface area is 133 Å². The molecule has 0 aromatic heterocycles. The second-order valence-electron chi connectivity index (χ2n) is 5.29. The van der Waals surface area contributed by atoms with E-state index in [1.165, 1.54) is 7.11 Å². The van der Waals surface area contributed by atoms with Crippen LogP contribution in [0.2, 0.25) is 0 Å². The third-order valence-electron chi connectivity index (χ3n) is 2.56. The number of nitrogens with one attached hydrogen (secondary N) is 2. The lowest BCUT2D eigenvalue weighted by molar-refractivity contribution is 0.0941. The quantitative estimate of drug-likeness (QED) is 0.785. The van der Waals surface area contributed by atoms with Gasteiger partial charge < -0.3 is 10.1 Å². The lowest BCUT2D eigenvalue weighted by atomic mass is 10.1. The maximum atomic E-state index is 12.2. The van der Waals surface area contributed by atoms with Crippen LogP contribution < -0.4 is 14.8 Å². The maximum Gasteiger partial charge on any atom is 0.255 e. The van der Waals surface area contributed by atoms with Crippen LogP contribution in [0.3, 0.4) is 0 Å². The zero-order chi connectivity index (χ0) is 16.3. The minimum atomic E-state index is -3.34. The molecule has 0 bridgehead atoms. The highest BCUT2D eigenvalue weighted by atomic mass is 79.9. The molecule has 2 N–H and O–H groups in total. The van der Waals surface area contributed by atoms with Crippen molar-refractivity contribution in [1.82, 2.24) is 10.0 Å². The van der Waals surface area contributed by atoms with Crippen molar-refractivity contribution in [2.75, 3.05) is 19.9 Å². The molecule has 1 aromatic carbocycles. The van der Waals surface area contributed by atoms with Gasteiger partial charge in [-0.2, -0.15) is 0 Å². The molecule has 0 fully saturated rings. The van der Waals surface area contributed by atoms with Crippen LogP contribution in [0.5, 0.6) is 5.75 Å². The molecular formula is C13H19BrN2O4S. The second-order valence-corrected chi connectivity index (χ2v) is 7.95. The number of amides is 1. The summed E-state index contributed by atoms with van der Waals surface area (Å²) in [6.45, 7) is 3.53. The zero-order valence-electron chi connectivity index (χ0n) is 12.4. The highest BCUT2D eigenvalue weighted by molar-refractivity contribution is 9.10. The minimum absolute atomic E-state index is 0.151. The van der Waals surface area contributed by atoms with Crippen LogP contribution in [-0.4, -0.2) is 39.8 Å². The van der Waals surface area contributed by atoms with Gasteiger partial charge in [0.2, 0.25) is 10.0 Å². The molecule has 0 spiro atoms. The van der Waals surface area contributed by atoms with E-state index in [1.807, 2.05) is 0 Å². The lowest BCUT2D eigenvalue weighted by Gasteiger charge is -2.25. The van der Waals surface area contributed by atoms with Crippen LogP contribution in [0.4, 0.5) is 0 Å². The molecule has 118 valence electrons. The van der Waals surface area contributed by atoms with Gasteiger partial charge in [-0.3, -0.25) is 4.79 Å². The number of hydrogen-bond acceptors (Lipinski definition) is 4.